The molecule has 0 heterocycles. The van der Waals surface area contributed by atoms with Crippen LogP contribution in [0, 0.1) is 0 Å². The largest absolute Gasteiger partial charge is 0.393 e. The molecule has 0 spiro atoms. The van der Waals surface area contributed by atoms with Crippen LogP contribution in [0.15, 0.2) is 0 Å². The van der Waals surface area contributed by atoms with Crippen LogP contribution in [0.25, 0.3) is 0 Å². The predicted octanol–water partition coefficient (Wildman–Crippen LogP) is 8.54. The van der Waals surface area contributed by atoms with Crippen LogP contribution in [0.5, 0.6) is 0 Å². The van der Waals surface area contributed by atoms with E-state index in [9.17, 15) is 9.90 Å². The minimum atomic E-state index is -0.403. The second-order valence-electron chi connectivity index (χ2n) is 8.95. The van der Waals surface area contributed by atoms with Crippen molar-refractivity contribution in [3.05, 3.63) is 0 Å². The summed E-state index contributed by atoms with van der Waals surface area (Å²) in [5, 5.41) is 9.86. The highest BCUT2D eigenvalue weighted by Crippen LogP contribution is 2.15. The molecule has 0 aliphatic carbocycles. The van der Waals surface area contributed by atoms with Crippen molar-refractivity contribution in [1.29, 1.82) is 0 Å². The molecular formula is C26H52O2. The maximum atomic E-state index is 11.9. The zero-order valence-electron chi connectivity index (χ0n) is 19.5. The fourth-order valence-electron chi connectivity index (χ4n) is 3.97. The number of rotatable bonds is 23. The van der Waals surface area contributed by atoms with Crippen LogP contribution in [-0.2, 0) is 4.79 Å². The number of hydrogen-bond acceptors (Lipinski definition) is 2. The number of carbonyl (C=O) groups is 1. The van der Waals surface area contributed by atoms with Crippen LogP contribution < -0.4 is 0 Å². The first-order valence-corrected chi connectivity index (χ1v) is 12.9. The van der Waals surface area contributed by atoms with Crippen molar-refractivity contribution in [2.45, 2.75) is 161 Å². The average Bonchev–Trinajstić information content (AvgIpc) is 2.67. The number of unbranched alkanes of at least 4 members (excludes halogenated alkanes) is 17. The summed E-state index contributed by atoms with van der Waals surface area (Å²) in [4.78, 5) is 11.9. The lowest BCUT2D eigenvalue weighted by molar-refractivity contribution is -0.121. The Bertz CT molecular complexity index is 314. The lowest BCUT2D eigenvalue weighted by atomic mass is 10.0. The van der Waals surface area contributed by atoms with Crippen LogP contribution in [0.3, 0.4) is 0 Å². The monoisotopic (exact) mass is 396 g/mol. The van der Waals surface area contributed by atoms with Gasteiger partial charge < -0.3 is 5.11 Å². The SMILES string of the molecule is CCCCCCCCCCCCCCCCCCC(=O)CC(O)CCCCC. The lowest BCUT2D eigenvalue weighted by Gasteiger charge is -2.09. The molecule has 0 saturated carbocycles. The first-order valence-electron chi connectivity index (χ1n) is 12.9. The van der Waals surface area contributed by atoms with Crippen molar-refractivity contribution in [1.82, 2.24) is 0 Å². The van der Waals surface area contributed by atoms with E-state index in [1.165, 1.54) is 103 Å². The average molecular weight is 397 g/mol. The van der Waals surface area contributed by atoms with Gasteiger partial charge in [0.05, 0.1) is 6.10 Å². The Morgan fingerprint density at radius 3 is 1.36 bits per heavy atom. The van der Waals surface area contributed by atoms with Gasteiger partial charge in [0.1, 0.15) is 5.78 Å². The third-order valence-corrected chi connectivity index (χ3v) is 5.91. The minimum absolute atomic E-state index is 0.259. The molecule has 28 heavy (non-hydrogen) atoms. The predicted molar refractivity (Wildman–Crippen MR) is 124 cm³/mol. The van der Waals surface area contributed by atoms with Gasteiger partial charge in [-0.05, 0) is 12.8 Å². The van der Waals surface area contributed by atoms with E-state index in [0.717, 1.165) is 25.7 Å². The van der Waals surface area contributed by atoms with Crippen LogP contribution >= 0.6 is 0 Å². The summed E-state index contributed by atoms with van der Waals surface area (Å²) < 4.78 is 0. The first kappa shape index (κ1) is 27.6. The van der Waals surface area contributed by atoms with E-state index >= 15 is 0 Å². The summed E-state index contributed by atoms with van der Waals surface area (Å²) in [7, 11) is 0. The van der Waals surface area contributed by atoms with Gasteiger partial charge in [-0.2, -0.15) is 0 Å². The van der Waals surface area contributed by atoms with Gasteiger partial charge in [0.25, 0.3) is 0 Å². The van der Waals surface area contributed by atoms with Gasteiger partial charge in [0.2, 0.25) is 0 Å². The van der Waals surface area contributed by atoms with E-state index in [1.807, 2.05) is 0 Å². The molecule has 2 nitrogen and oxygen atoms in total. The molecule has 0 bridgehead atoms. The Kier molecular flexibility index (Phi) is 22.6. The molecule has 0 radical (unpaired) electrons. The lowest BCUT2D eigenvalue weighted by Crippen LogP contribution is -2.13. The van der Waals surface area contributed by atoms with Crippen LogP contribution in [-0.4, -0.2) is 17.0 Å². The van der Waals surface area contributed by atoms with Gasteiger partial charge in [-0.25, -0.2) is 0 Å². The van der Waals surface area contributed by atoms with Crippen LogP contribution in [0.2, 0.25) is 0 Å². The summed E-state index contributed by atoms with van der Waals surface area (Å²) in [5.74, 6) is 0.259. The molecule has 0 aliphatic heterocycles. The fourth-order valence-corrected chi connectivity index (χ4v) is 3.97. The van der Waals surface area contributed by atoms with E-state index in [1.54, 1.807) is 0 Å². The Morgan fingerprint density at radius 1 is 0.571 bits per heavy atom. The van der Waals surface area contributed by atoms with Crippen LogP contribution in [0.1, 0.15) is 155 Å². The Hall–Kier alpha value is -0.370. The fraction of sp³-hybridized carbons (Fsp3) is 0.962. The standard InChI is InChI=1S/C26H52O2/c1-3-5-7-8-9-10-11-12-13-14-15-16-17-18-19-21-23-26(28)24-25(27)22-20-6-4-2/h25,27H,3-24H2,1-2H3. The third kappa shape index (κ3) is 21.9. The third-order valence-electron chi connectivity index (χ3n) is 5.91. The van der Waals surface area contributed by atoms with Gasteiger partial charge in [0, 0.05) is 12.8 Å². The highest BCUT2D eigenvalue weighted by molar-refractivity contribution is 5.78. The molecule has 1 unspecified atom stereocenters. The summed E-state index contributed by atoms with van der Waals surface area (Å²) >= 11 is 0. The van der Waals surface area contributed by atoms with E-state index in [2.05, 4.69) is 13.8 Å². The van der Waals surface area contributed by atoms with Gasteiger partial charge in [-0.3, -0.25) is 4.79 Å². The summed E-state index contributed by atoms with van der Waals surface area (Å²) in [6.07, 6.45) is 26.6. The Balaban J connectivity index is 3.19. The van der Waals surface area contributed by atoms with Crippen molar-refractivity contribution < 1.29 is 9.90 Å². The molecule has 0 saturated heterocycles. The van der Waals surface area contributed by atoms with Gasteiger partial charge in [0.15, 0.2) is 0 Å². The summed E-state index contributed by atoms with van der Waals surface area (Å²) in [6.45, 7) is 4.44. The molecule has 0 aliphatic rings. The number of ketones is 1. The van der Waals surface area contributed by atoms with E-state index < -0.39 is 6.10 Å². The zero-order chi connectivity index (χ0) is 20.7. The first-order chi connectivity index (χ1) is 13.7. The molecule has 0 amide bonds. The number of aliphatic hydroxyl groups is 1. The molecule has 168 valence electrons. The molecule has 0 rings (SSSR count). The molecule has 2 heteroatoms. The Labute approximate surface area is 177 Å². The number of Topliss-reactive ketones (excluding diaryl/α,β-unsaturated/α-hetero) is 1. The van der Waals surface area contributed by atoms with E-state index in [-0.39, 0.29) is 5.78 Å². The molecule has 1 atom stereocenters. The Morgan fingerprint density at radius 2 is 0.929 bits per heavy atom. The van der Waals surface area contributed by atoms with Gasteiger partial charge >= 0.3 is 0 Å². The summed E-state index contributed by atoms with van der Waals surface area (Å²) in [5.41, 5.74) is 0. The molecule has 0 aromatic heterocycles. The number of carbonyl (C=O) groups excluding carboxylic acids is 1. The smallest absolute Gasteiger partial charge is 0.135 e. The minimum Gasteiger partial charge on any atom is -0.393 e. The van der Waals surface area contributed by atoms with Crippen molar-refractivity contribution in [3.63, 3.8) is 0 Å². The van der Waals surface area contributed by atoms with Crippen molar-refractivity contribution >= 4 is 5.78 Å². The molecule has 0 fully saturated rings. The molecular weight excluding hydrogens is 344 g/mol. The maximum absolute atomic E-state index is 11.9. The van der Waals surface area contributed by atoms with Crippen molar-refractivity contribution in [3.8, 4) is 0 Å². The molecule has 0 aromatic rings. The van der Waals surface area contributed by atoms with E-state index in [4.69, 9.17) is 0 Å². The van der Waals surface area contributed by atoms with Gasteiger partial charge in [-0.15, -0.1) is 0 Å². The highest BCUT2D eigenvalue weighted by Gasteiger charge is 2.10. The quantitative estimate of drug-likeness (QED) is 0.176. The zero-order valence-corrected chi connectivity index (χ0v) is 19.5. The second kappa shape index (κ2) is 22.9. The normalized spacial score (nSPS) is 12.4. The van der Waals surface area contributed by atoms with Gasteiger partial charge in [-0.1, -0.05) is 129 Å². The molecule has 0 aromatic carbocycles. The topological polar surface area (TPSA) is 37.3 Å². The number of hydrogen-bond donors (Lipinski definition) is 1. The van der Waals surface area contributed by atoms with Crippen molar-refractivity contribution in [2.24, 2.45) is 0 Å². The molecule has 1 N–H and O–H groups in total. The van der Waals surface area contributed by atoms with E-state index in [0.29, 0.717) is 12.8 Å². The number of aliphatic hydroxyl groups excluding tert-OH is 1. The maximum Gasteiger partial charge on any atom is 0.135 e. The second-order valence-corrected chi connectivity index (χ2v) is 8.95. The van der Waals surface area contributed by atoms with Crippen LogP contribution in [0.4, 0.5) is 0 Å². The summed E-state index contributed by atoms with van der Waals surface area (Å²) in [6, 6.07) is 0. The van der Waals surface area contributed by atoms with Crippen molar-refractivity contribution in [2.75, 3.05) is 0 Å². The highest BCUT2D eigenvalue weighted by atomic mass is 16.3.